The van der Waals surface area contributed by atoms with E-state index in [1.165, 1.54) is 12.1 Å². The molecule has 0 saturated carbocycles. The molecular formula is C10H10F2N2. The van der Waals surface area contributed by atoms with E-state index in [2.05, 4.69) is 17.2 Å². The summed E-state index contributed by atoms with van der Waals surface area (Å²) < 4.78 is 26.0. The molecule has 1 rings (SSSR count). The second-order valence-electron chi connectivity index (χ2n) is 2.66. The van der Waals surface area contributed by atoms with Gasteiger partial charge in [0.05, 0.1) is 17.8 Å². The van der Waals surface area contributed by atoms with Crippen LogP contribution >= 0.6 is 0 Å². The lowest BCUT2D eigenvalue weighted by Crippen LogP contribution is -2.04. The summed E-state index contributed by atoms with van der Waals surface area (Å²) in [6.45, 7) is 0.422. The highest BCUT2D eigenvalue weighted by Crippen LogP contribution is 2.16. The number of nitrogens with two attached hydrogens (primary N) is 1. The zero-order chi connectivity index (χ0) is 10.6. The number of rotatable bonds is 1. The van der Waals surface area contributed by atoms with Gasteiger partial charge in [-0.3, -0.25) is 0 Å². The van der Waals surface area contributed by atoms with Crippen molar-refractivity contribution in [2.45, 2.75) is 0 Å². The van der Waals surface area contributed by atoms with Gasteiger partial charge in [0.1, 0.15) is 0 Å². The molecule has 0 saturated heterocycles. The van der Waals surface area contributed by atoms with Gasteiger partial charge < -0.3 is 11.1 Å². The van der Waals surface area contributed by atoms with E-state index in [4.69, 9.17) is 5.73 Å². The smallest absolute Gasteiger partial charge is 0.182 e. The number of hydrogen-bond acceptors (Lipinski definition) is 2. The van der Waals surface area contributed by atoms with Gasteiger partial charge in [0.25, 0.3) is 0 Å². The summed E-state index contributed by atoms with van der Waals surface area (Å²) in [6.07, 6.45) is 0. The third kappa shape index (κ3) is 2.21. The standard InChI is InChI=1S/C10H10F2N2/c1-14-6-2-3-7-4-5-8(13)10(12)9(7)11/h4-5,14H,6,13H2,1H3. The molecule has 0 bridgehead atoms. The Bertz CT molecular complexity index is 391. The van der Waals surface area contributed by atoms with Gasteiger partial charge in [-0.15, -0.1) is 0 Å². The minimum Gasteiger partial charge on any atom is -0.396 e. The van der Waals surface area contributed by atoms with Crippen molar-refractivity contribution in [3.63, 3.8) is 0 Å². The molecule has 0 atom stereocenters. The summed E-state index contributed by atoms with van der Waals surface area (Å²) >= 11 is 0. The Labute approximate surface area is 81.1 Å². The fraction of sp³-hybridized carbons (Fsp3) is 0.200. The highest BCUT2D eigenvalue weighted by Gasteiger charge is 2.09. The van der Waals surface area contributed by atoms with Gasteiger partial charge in [0.15, 0.2) is 11.6 Å². The lowest BCUT2D eigenvalue weighted by atomic mass is 10.2. The van der Waals surface area contributed by atoms with Crippen LogP contribution in [-0.2, 0) is 0 Å². The minimum absolute atomic E-state index is 0.0203. The van der Waals surface area contributed by atoms with Crippen molar-refractivity contribution in [2.24, 2.45) is 0 Å². The molecule has 0 fully saturated rings. The lowest BCUT2D eigenvalue weighted by Gasteiger charge is -1.99. The van der Waals surface area contributed by atoms with Gasteiger partial charge in [-0.25, -0.2) is 8.78 Å². The molecule has 2 nitrogen and oxygen atoms in total. The SMILES string of the molecule is CNCC#Cc1ccc(N)c(F)c1F. The van der Waals surface area contributed by atoms with E-state index in [1.807, 2.05) is 0 Å². The summed E-state index contributed by atoms with van der Waals surface area (Å²) in [5, 5.41) is 2.77. The second-order valence-corrected chi connectivity index (χ2v) is 2.66. The molecule has 0 aliphatic heterocycles. The van der Waals surface area contributed by atoms with Crippen LogP contribution in [0.15, 0.2) is 12.1 Å². The number of nitrogens with one attached hydrogen (secondary N) is 1. The highest BCUT2D eigenvalue weighted by molar-refractivity contribution is 5.47. The molecule has 4 heteroatoms. The summed E-state index contributed by atoms with van der Waals surface area (Å²) in [6, 6.07) is 2.65. The molecule has 0 amide bonds. The number of halogens is 2. The molecule has 0 unspecified atom stereocenters. The van der Waals surface area contributed by atoms with Gasteiger partial charge in [0, 0.05) is 0 Å². The first-order chi connectivity index (χ1) is 6.66. The van der Waals surface area contributed by atoms with E-state index in [1.54, 1.807) is 7.05 Å². The van der Waals surface area contributed by atoms with Crippen LogP contribution < -0.4 is 11.1 Å². The Morgan fingerprint density at radius 3 is 2.71 bits per heavy atom. The van der Waals surface area contributed by atoms with Crippen LogP contribution in [-0.4, -0.2) is 13.6 Å². The van der Waals surface area contributed by atoms with E-state index in [9.17, 15) is 8.78 Å². The second kappa shape index (κ2) is 4.58. The number of anilines is 1. The zero-order valence-electron chi connectivity index (χ0n) is 7.70. The molecule has 0 heterocycles. The lowest BCUT2D eigenvalue weighted by molar-refractivity contribution is 0.510. The predicted octanol–water partition coefficient (Wildman–Crippen LogP) is 1.12. The number of hydrogen-bond donors (Lipinski definition) is 2. The van der Waals surface area contributed by atoms with Crippen LogP contribution in [0.25, 0.3) is 0 Å². The first-order valence-corrected chi connectivity index (χ1v) is 4.03. The predicted molar refractivity (Wildman–Crippen MR) is 51.6 cm³/mol. The van der Waals surface area contributed by atoms with Crippen LogP contribution in [0.2, 0.25) is 0 Å². The molecular weight excluding hydrogens is 186 g/mol. The van der Waals surface area contributed by atoms with Gasteiger partial charge >= 0.3 is 0 Å². The molecule has 0 aliphatic rings. The van der Waals surface area contributed by atoms with Crippen LogP contribution in [0.3, 0.4) is 0 Å². The van der Waals surface area contributed by atoms with Gasteiger partial charge in [-0.05, 0) is 19.2 Å². The zero-order valence-corrected chi connectivity index (χ0v) is 7.70. The fourth-order valence-electron chi connectivity index (χ4n) is 0.889. The van der Waals surface area contributed by atoms with Gasteiger partial charge in [-0.1, -0.05) is 11.8 Å². The van der Waals surface area contributed by atoms with Crippen molar-refractivity contribution in [3.8, 4) is 11.8 Å². The van der Waals surface area contributed by atoms with Crippen LogP contribution in [0.5, 0.6) is 0 Å². The van der Waals surface area contributed by atoms with Crippen LogP contribution in [0.1, 0.15) is 5.56 Å². The Hall–Kier alpha value is -1.60. The Morgan fingerprint density at radius 1 is 1.36 bits per heavy atom. The first-order valence-electron chi connectivity index (χ1n) is 4.03. The Balaban J connectivity index is 3.02. The van der Waals surface area contributed by atoms with Crippen molar-refractivity contribution >= 4 is 5.69 Å². The first kappa shape index (κ1) is 10.5. The summed E-state index contributed by atoms with van der Waals surface area (Å²) in [7, 11) is 1.72. The Kier molecular flexibility index (Phi) is 3.43. The third-order valence-electron chi connectivity index (χ3n) is 1.60. The molecule has 0 aromatic heterocycles. The molecule has 0 radical (unpaired) electrons. The molecule has 3 N–H and O–H groups in total. The number of nitrogen functional groups attached to an aromatic ring is 1. The summed E-state index contributed by atoms with van der Waals surface area (Å²) in [5.41, 5.74) is 4.98. The van der Waals surface area contributed by atoms with Crippen LogP contribution in [0, 0.1) is 23.5 Å². The van der Waals surface area contributed by atoms with E-state index in [-0.39, 0.29) is 11.3 Å². The maximum atomic E-state index is 13.1. The average Bonchev–Trinajstić information content (AvgIpc) is 2.18. The topological polar surface area (TPSA) is 38.0 Å². The summed E-state index contributed by atoms with van der Waals surface area (Å²) in [5.74, 6) is 3.10. The molecule has 0 spiro atoms. The molecule has 1 aromatic rings. The third-order valence-corrected chi connectivity index (χ3v) is 1.60. The van der Waals surface area contributed by atoms with Crippen molar-refractivity contribution < 1.29 is 8.78 Å². The van der Waals surface area contributed by atoms with E-state index in [0.717, 1.165) is 0 Å². The van der Waals surface area contributed by atoms with Crippen molar-refractivity contribution in [2.75, 3.05) is 19.3 Å². The van der Waals surface area contributed by atoms with Crippen LogP contribution in [0.4, 0.5) is 14.5 Å². The van der Waals surface area contributed by atoms with Gasteiger partial charge in [0.2, 0.25) is 0 Å². The maximum absolute atomic E-state index is 13.1. The van der Waals surface area contributed by atoms with E-state index in [0.29, 0.717) is 6.54 Å². The van der Waals surface area contributed by atoms with Crippen molar-refractivity contribution in [3.05, 3.63) is 29.3 Å². The van der Waals surface area contributed by atoms with E-state index < -0.39 is 11.6 Å². The average molecular weight is 196 g/mol. The minimum atomic E-state index is -1.04. The molecule has 14 heavy (non-hydrogen) atoms. The fourth-order valence-corrected chi connectivity index (χ4v) is 0.889. The summed E-state index contributed by atoms with van der Waals surface area (Å²) in [4.78, 5) is 0. The molecule has 1 aromatic carbocycles. The highest BCUT2D eigenvalue weighted by atomic mass is 19.2. The van der Waals surface area contributed by atoms with E-state index >= 15 is 0 Å². The normalized spacial score (nSPS) is 9.36. The molecule has 0 aliphatic carbocycles. The molecule has 74 valence electrons. The quantitative estimate of drug-likeness (QED) is 0.521. The van der Waals surface area contributed by atoms with Crippen molar-refractivity contribution in [1.29, 1.82) is 0 Å². The van der Waals surface area contributed by atoms with Gasteiger partial charge in [-0.2, -0.15) is 0 Å². The maximum Gasteiger partial charge on any atom is 0.182 e. The Morgan fingerprint density at radius 2 is 2.07 bits per heavy atom. The number of benzene rings is 1. The monoisotopic (exact) mass is 196 g/mol. The largest absolute Gasteiger partial charge is 0.396 e. The van der Waals surface area contributed by atoms with Crippen molar-refractivity contribution in [1.82, 2.24) is 5.32 Å².